The average Bonchev–Trinajstić information content (AvgIpc) is 2.95. The van der Waals surface area contributed by atoms with Gasteiger partial charge in [0, 0.05) is 4.47 Å². The Morgan fingerprint density at radius 1 is 1.13 bits per heavy atom. The first-order chi connectivity index (χ1) is 11.1. The number of anilines is 1. The second-order valence-electron chi connectivity index (χ2n) is 4.76. The molecule has 0 saturated heterocycles. The summed E-state index contributed by atoms with van der Waals surface area (Å²) < 4.78 is 6.16. The molecule has 3 aromatic rings. The molecule has 23 heavy (non-hydrogen) atoms. The van der Waals surface area contributed by atoms with E-state index in [1.54, 1.807) is 0 Å². The van der Waals surface area contributed by atoms with Gasteiger partial charge >= 0.3 is 5.97 Å². The van der Waals surface area contributed by atoms with Crippen molar-refractivity contribution in [2.45, 2.75) is 6.61 Å². The number of aromatic nitrogens is 3. The van der Waals surface area contributed by atoms with Crippen molar-refractivity contribution < 1.29 is 9.53 Å². The van der Waals surface area contributed by atoms with Gasteiger partial charge in [0.15, 0.2) is 5.82 Å². The van der Waals surface area contributed by atoms with Gasteiger partial charge in [-0.05, 0) is 29.8 Å². The Kier molecular flexibility index (Phi) is 4.38. The molecule has 0 bridgehead atoms. The molecule has 0 fully saturated rings. The molecule has 2 N–H and O–H groups in total. The van der Waals surface area contributed by atoms with E-state index >= 15 is 0 Å². The zero-order valence-corrected chi connectivity index (χ0v) is 13.6. The Morgan fingerprint density at radius 2 is 1.91 bits per heavy atom. The summed E-state index contributed by atoms with van der Waals surface area (Å²) in [4.78, 5) is 13.4. The van der Waals surface area contributed by atoms with Gasteiger partial charge in [-0.2, -0.15) is 0 Å². The summed E-state index contributed by atoms with van der Waals surface area (Å²) in [5, 5.41) is 8.15. The van der Waals surface area contributed by atoms with E-state index in [-0.39, 0.29) is 18.1 Å². The molecule has 0 aliphatic carbocycles. The third kappa shape index (κ3) is 3.57. The lowest BCUT2D eigenvalue weighted by Crippen LogP contribution is -2.09. The molecule has 0 amide bonds. The van der Waals surface area contributed by atoms with E-state index in [1.165, 1.54) is 4.80 Å². The first kappa shape index (κ1) is 15.2. The van der Waals surface area contributed by atoms with Crippen LogP contribution in [0.5, 0.6) is 0 Å². The van der Waals surface area contributed by atoms with Crippen molar-refractivity contribution in [2.24, 2.45) is 0 Å². The van der Waals surface area contributed by atoms with Crippen LogP contribution in [0.15, 0.2) is 59.1 Å². The van der Waals surface area contributed by atoms with E-state index in [9.17, 15) is 4.79 Å². The van der Waals surface area contributed by atoms with Crippen LogP contribution < -0.4 is 5.73 Å². The van der Waals surface area contributed by atoms with Crippen LogP contribution in [0.25, 0.3) is 5.69 Å². The molecule has 2 aromatic carbocycles. The van der Waals surface area contributed by atoms with Crippen LogP contribution >= 0.6 is 15.9 Å². The quantitative estimate of drug-likeness (QED) is 0.711. The second kappa shape index (κ2) is 6.62. The largest absolute Gasteiger partial charge is 0.456 e. The van der Waals surface area contributed by atoms with Crippen molar-refractivity contribution >= 4 is 27.7 Å². The maximum absolute atomic E-state index is 12.1. The van der Waals surface area contributed by atoms with Crippen molar-refractivity contribution in [3.63, 3.8) is 0 Å². The first-order valence-electron chi connectivity index (χ1n) is 6.83. The fraction of sp³-hybridized carbons (Fsp3) is 0.0625. The van der Waals surface area contributed by atoms with Crippen LogP contribution in [0.2, 0.25) is 0 Å². The van der Waals surface area contributed by atoms with Gasteiger partial charge in [0.2, 0.25) is 5.69 Å². The lowest BCUT2D eigenvalue weighted by molar-refractivity contribution is 0.0466. The van der Waals surface area contributed by atoms with Crippen molar-refractivity contribution in [3.8, 4) is 5.69 Å². The number of ether oxygens (including phenoxy) is 1. The van der Waals surface area contributed by atoms with Crippen LogP contribution in [-0.2, 0) is 11.3 Å². The number of nitrogen functional groups attached to an aromatic ring is 1. The van der Waals surface area contributed by atoms with Gasteiger partial charge in [-0.3, -0.25) is 0 Å². The Bertz CT molecular complexity index is 833. The number of esters is 1. The summed E-state index contributed by atoms with van der Waals surface area (Å²) >= 11 is 3.37. The standard InChI is InChI=1S/C16H13BrN4O2/c17-12-6-4-5-11(9-12)10-23-16(22)14-15(18)20-21(19-14)13-7-2-1-3-8-13/h1-9H,10H2,(H2,18,20). The molecule has 0 unspecified atom stereocenters. The zero-order chi connectivity index (χ0) is 16.2. The van der Waals surface area contributed by atoms with Crippen LogP contribution in [0.3, 0.4) is 0 Å². The zero-order valence-electron chi connectivity index (χ0n) is 12.0. The minimum absolute atomic E-state index is 0.00356. The third-order valence-electron chi connectivity index (χ3n) is 3.08. The number of halogens is 1. The fourth-order valence-electron chi connectivity index (χ4n) is 1.98. The highest BCUT2D eigenvalue weighted by Gasteiger charge is 2.18. The summed E-state index contributed by atoms with van der Waals surface area (Å²) in [6.07, 6.45) is 0. The minimum atomic E-state index is -0.607. The Morgan fingerprint density at radius 3 is 2.65 bits per heavy atom. The van der Waals surface area contributed by atoms with Crippen molar-refractivity contribution in [1.82, 2.24) is 15.0 Å². The minimum Gasteiger partial charge on any atom is -0.456 e. The van der Waals surface area contributed by atoms with Gasteiger partial charge in [0.1, 0.15) is 6.61 Å². The first-order valence-corrected chi connectivity index (χ1v) is 7.62. The number of para-hydroxylation sites is 1. The summed E-state index contributed by atoms with van der Waals surface area (Å²) in [6.45, 7) is 0.135. The van der Waals surface area contributed by atoms with Crippen LogP contribution in [0, 0.1) is 0 Å². The Balaban J connectivity index is 1.74. The predicted octanol–water partition coefficient (Wildman–Crippen LogP) is 2.97. The highest BCUT2D eigenvalue weighted by atomic mass is 79.9. The molecule has 0 radical (unpaired) electrons. The molecule has 7 heteroatoms. The maximum Gasteiger partial charge on any atom is 0.363 e. The lowest BCUT2D eigenvalue weighted by Gasteiger charge is -2.03. The molecule has 3 rings (SSSR count). The predicted molar refractivity (Wildman–Crippen MR) is 89.0 cm³/mol. The van der Waals surface area contributed by atoms with E-state index in [4.69, 9.17) is 10.5 Å². The molecule has 0 saturated carbocycles. The van der Waals surface area contributed by atoms with Crippen molar-refractivity contribution in [2.75, 3.05) is 5.73 Å². The number of benzene rings is 2. The van der Waals surface area contributed by atoms with Crippen LogP contribution in [-0.4, -0.2) is 21.0 Å². The van der Waals surface area contributed by atoms with Crippen LogP contribution in [0.1, 0.15) is 16.1 Å². The molecular formula is C16H13BrN4O2. The van der Waals surface area contributed by atoms with Crippen molar-refractivity contribution in [3.05, 3.63) is 70.3 Å². The number of nitrogens with two attached hydrogens (primary N) is 1. The van der Waals surface area contributed by atoms with E-state index in [2.05, 4.69) is 26.1 Å². The summed E-state index contributed by atoms with van der Waals surface area (Å²) in [7, 11) is 0. The monoisotopic (exact) mass is 372 g/mol. The number of nitrogens with zero attached hydrogens (tertiary/aromatic N) is 3. The maximum atomic E-state index is 12.1. The molecule has 0 atom stereocenters. The highest BCUT2D eigenvalue weighted by molar-refractivity contribution is 9.10. The van der Waals surface area contributed by atoms with E-state index in [0.717, 1.165) is 10.0 Å². The van der Waals surface area contributed by atoms with E-state index < -0.39 is 5.97 Å². The van der Waals surface area contributed by atoms with Gasteiger partial charge in [-0.15, -0.1) is 15.0 Å². The third-order valence-corrected chi connectivity index (χ3v) is 3.57. The Hall–Kier alpha value is -2.67. The fourth-order valence-corrected chi connectivity index (χ4v) is 2.43. The molecule has 0 spiro atoms. The van der Waals surface area contributed by atoms with Crippen LogP contribution in [0.4, 0.5) is 5.82 Å². The molecule has 6 nitrogen and oxygen atoms in total. The number of hydrogen-bond donors (Lipinski definition) is 1. The number of carbonyl (C=O) groups is 1. The molecule has 1 aromatic heterocycles. The molecule has 116 valence electrons. The number of rotatable bonds is 4. The van der Waals surface area contributed by atoms with Gasteiger partial charge in [0.25, 0.3) is 0 Å². The molecule has 1 heterocycles. The number of hydrogen-bond acceptors (Lipinski definition) is 5. The van der Waals surface area contributed by atoms with Gasteiger partial charge in [-0.1, -0.05) is 46.3 Å². The highest BCUT2D eigenvalue weighted by Crippen LogP contribution is 2.15. The Labute approximate surface area is 141 Å². The topological polar surface area (TPSA) is 83.0 Å². The van der Waals surface area contributed by atoms with Gasteiger partial charge < -0.3 is 10.5 Å². The normalized spacial score (nSPS) is 10.5. The number of carbonyl (C=O) groups excluding carboxylic acids is 1. The summed E-state index contributed by atoms with van der Waals surface area (Å²) in [5.74, 6) is -0.572. The SMILES string of the molecule is Nc1nn(-c2ccccc2)nc1C(=O)OCc1cccc(Br)c1. The smallest absolute Gasteiger partial charge is 0.363 e. The van der Waals surface area contributed by atoms with E-state index in [1.807, 2.05) is 54.6 Å². The molecular weight excluding hydrogens is 360 g/mol. The van der Waals surface area contributed by atoms with Gasteiger partial charge in [0.05, 0.1) is 5.69 Å². The van der Waals surface area contributed by atoms with Gasteiger partial charge in [-0.25, -0.2) is 4.79 Å². The summed E-state index contributed by atoms with van der Waals surface area (Å²) in [5.41, 5.74) is 7.35. The second-order valence-corrected chi connectivity index (χ2v) is 5.68. The summed E-state index contributed by atoms with van der Waals surface area (Å²) in [6, 6.07) is 16.7. The molecule has 0 aliphatic heterocycles. The molecule has 0 aliphatic rings. The lowest BCUT2D eigenvalue weighted by atomic mass is 10.2. The van der Waals surface area contributed by atoms with Crippen molar-refractivity contribution in [1.29, 1.82) is 0 Å². The van der Waals surface area contributed by atoms with E-state index in [0.29, 0.717) is 5.69 Å². The average molecular weight is 373 g/mol.